The minimum atomic E-state index is -3.82. The number of nitrogens with one attached hydrogen (secondary N) is 1. The van der Waals surface area contributed by atoms with Crippen LogP contribution in [0.3, 0.4) is 0 Å². The van der Waals surface area contributed by atoms with Crippen molar-refractivity contribution >= 4 is 28.4 Å². The summed E-state index contributed by atoms with van der Waals surface area (Å²) in [6.45, 7) is 2.30. The summed E-state index contributed by atoms with van der Waals surface area (Å²) in [6.07, 6.45) is 1.44. The van der Waals surface area contributed by atoms with Crippen molar-refractivity contribution in [3.8, 4) is 0 Å². The first-order chi connectivity index (χ1) is 9.36. The van der Waals surface area contributed by atoms with Crippen LogP contribution in [0.4, 0.5) is 0 Å². The van der Waals surface area contributed by atoms with E-state index in [-0.39, 0.29) is 23.7 Å². The summed E-state index contributed by atoms with van der Waals surface area (Å²) < 4.78 is 26.4. The average Bonchev–Trinajstić information content (AvgIpc) is 2.38. The minimum absolute atomic E-state index is 0. The number of carboxylic acids is 1. The summed E-state index contributed by atoms with van der Waals surface area (Å²) in [5.41, 5.74) is 6.27. The number of aryl methyl sites for hydroxylation is 1. The van der Waals surface area contributed by atoms with Gasteiger partial charge in [-0.3, -0.25) is 4.79 Å². The van der Waals surface area contributed by atoms with Crippen molar-refractivity contribution in [2.75, 3.05) is 6.54 Å². The molecule has 120 valence electrons. The van der Waals surface area contributed by atoms with Crippen LogP contribution >= 0.6 is 12.4 Å². The Labute approximate surface area is 131 Å². The number of rotatable bonds is 8. The van der Waals surface area contributed by atoms with Gasteiger partial charge in [-0.25, -0.2) is 8.42 Å². The number of aliphatic carboxylic acids is 1. The molecule has 4 N–H and O–H groups in total. The Bertz CT molecular complexity index is 546. The van der Waals surface area contributed by atoms with E-state index >= 15 is 0 Å². The Kier molecular flexibility index (Phi) is 8.50. The van der Waals surface area contributed by atoms with Crippen molar-refractivity contribution in [3.05, 3.63) is 29.8 Å². The number of sulfonamides is 1. The van der Waals surface area contributed by atoms with Crippen molar-refractivity contribution in [1.29, 1.82) is 0 Å². The number of unbranched alkanes of at least 4 members (excludes halogenated alkanes) is 1. The molecule has 0 spiro atoms. The molecule has 21 heavy (non-hydrogen) atoms. The van der Waals surface area contributed by atoms with Gasteiger partial charge in [0.15, 0.2) is 0 Å². The van der Waals surface area contributed by atoms with E-state index in [9.17, 15) is 13.2 Å². The lowest BCUT2D eigenvalue weighted by atomic mass is 10.1. The third-order valence-corrected chi connectivity index (χ3v) is 4.36. The molecule has 0 unspecified atom stereocenters. The molecular weight excluding hydrogens is 316 g/mol. The monoisotopic (exact) mass is 336 g/mol. The largest absolute Gasteiger partial charge is 0.480 e. The van der Waals surface area contributed by atoms with Gasteiger partial charge < -0.3 is 10.8 Å². The van der Waals surface area contributed by atoms with Gasteiger partial charge in [0.25, 0.3) is 0 Å². The quantitative estimate of drug-likeness (QED) is 0.619. The highest BCUT2D eigenvalue weighted by Gasteiger charge is 2.24. The van der Waals surface area contributed by atoms with Gasteiger partial charge in [0, 0.05) is 0 Å². The lowest BCUT2D eigenvalue weighted by Gasteiger charge is -2.14. The van der Waals surface area contributed by atoms with Crippen LogP contribution in [0.2, 0.25) is 0 Å². The normalized spacial score (nSPS) is 12.5. The zero-order chi connectivity index (χ0) is 15.2. The lowest BCUT2D eigenvalue weighted by molar-refractivity contribution is -0.139. The summed E-state index contributed by atoms with van der Waals surface area (Å²) in [4.78, 5) is 11.2. The molecule has 1 rings (SSSR count). The number of carbonyl (C=O) groups is 1. The van der Waals surface area contributed by atoms with Crippen LogP contribution < -0.4 is 10.5 Å². The van der Waals surface area contributed by atoms with Gasteiger partial charge >= 0.3 is 5.97 Å². The van der Waals surface area contributed by atoms with E-state index in [2.05, 4.69) is 4.72 Å². The molecule has 1 aromatic carbocycles. The zero-order valence-electron chi connectivity index (χ0n) is 11.8. The van der Waals surface area contributed by atoms with Crippen molar-refractivity contribution in [3.63, 3.8) is 0 Å². The minimum Gasteiger partial charge on any atom is -0.480 e. The fraction of sp³-hybridized carbons (Fsp3) is 0.462. The van der Waals surface area contributed by atoms with E-state index in [0.717, 1.165) is 5.56 Å². The molecule has 8 heteroatoms. The third kappa shape index (κ3) is 6.43. The maximum absolute atomic E-state index is 12.1. The highest BCUT2D eigenvalue weighted by molar-refractivity contribution is 7.89. The lowest BCUT2D eigenvalue weighted by Crippen LogP contribution is -2.40. The number of carboxylic acid groups (broad SMARTS) is 1. The molecule has 0 saturated carbocycles. The molecule has 0 saturated heterocycles. The molecule has 0 fully saturated rings. The van der Waals surface area contributed by atoms with E-state index in [1.165, 1.54) is 12.1 Å². The van der Waals surface area contributed by atoms with Crippen molar-refractivity contribution in [2.45, 2.75) is 37.1 Å². The molecule has 0 heterocycles. The average molecular weight is 337 g/mol. The first-order valence-corrected chi connectivity index (χ1v) is 7.87. The second-order valence-electron chi connectivity index (χ2n) is 4.61. The van der Waals surface area contributed by atoms with Crippen LogP contribution in [0.1, 0.15) is 24.8 Å². The number of benzene rings is 1. The Hall–Kier alpha value is -1.15. The van der Waals surface area contributed by atoms with Gasteiger partial charge in [0.1, 0.15) is 6.04 Å². The van der Waals surface area contributed by atoms with Gasteiger partial charge in [-0.05, 0) is 38.4 Å². The maximum atomic E-state index is 12.1. The van der Waals surface area contributed by atoms with Crippen molar-refractivity contribution < 1.29 is 18.3 Å². The Morgan fingerprint density at radius 3 is 2.33 bits per heavy atom. The summed E-state index contributed by atoms with van der Waals surface area (Å²) >= 11 is 0. The van der Waals surface area contributed by atoms with Gasteiger partial charge in [0.05, 0.1) is 4.90 Å². The van der Waals surface area contributed by atoms with Gasteiger partial charge in [-0.15, -0.1) is 12.4 Å². The van der Waals surface area contributed by atoms with Crippen LogP contribution in [0.25, 0.3) is 0 Å². The van der Waals surface area contributed by atoms with E-state index in [1.54, 1.807) is 12.1 Å². The Balaban J connectivity index is 0.00000400. The van der Waals surface area contributed by atoms with Crippen LogP contribution in [0.15, 0.2) is 29.2 Å². The third-order valence-electron chi connectivity index (χ3n) is 2.87. The van der Waals surface area contributed by atoms with Crippen LogP contribution in [-0.4, -0.2) is 32.1 Å². The van der Waals surface area contributed by atoms with Crippen molar-refractivity contribution in [1.82, 2.24) is 4.72 Å². The Morgan fingerprint density at radius 1 is 1.29 bits per heavy atom. The summed E-state index contributed by atoms with van der Waals surface area (Å²) in [7, 11) is -3.82. The van der Waals surface area contributed by atoms with E-state index in [4.69, 9.17) is 10.8 Å². The molecule has 0 aliphatic rings. The first kappa shape index (κ1) is 19.9. The number of hydrogen-bond donors (Lipinski definition) is 3. The van der Waals surface area contributed by atoms with E-state index in [0.29, 0.717) is 19.4 Å². The summed E-state index contributed by atoms with van der Waals surface area (Å²) in [5, 5.41) is 9.07. The van der Waals surface area contributed by atoms with Crippen LogP contribution in [0, 0.1) is 6.92 Å². The molecule has 0 aliphatic carbocycles. The molecule has 0 aliphatic heterocycles. The molecule has 1 aromatic rings. The predicted octanol–water partition coefficient (Wildman–Crippen LogP) is 1.28. The van der Waals surface area contributed by atoms with Crippen LogP contribution in [0.5, 0.6) is 0 Å². The summed E-state index contributed by atoms with van der Waals surface area (Å²) in [6, 6.07) is 5.11. The number of halogens is 1. The molecule has 0 radical (unpaired) electrons. The van der Waals surface area contributed by atoms with Gasteiger partial charge in [-0.1, -0.05) is 24.1 Å². The second-order valence-corrected chi connectivity index (χ2v) is 6.32. The van der Waals surface area contributed by atoms with Gasteiger partial charge in [-0.2, -0.15) is 4.72 Å². The molecule has 0 bridgehead atoms. The molecule has 0 amide bonds. The first-order valence-electron chi connectivity index (χ1n) is 6.38. The zero-order valence-corrected chi connectivity index (χ0v) is 13.4. The summed E-state index contributed by atoms with van der Waals surface area (Å²) in [5.74, 6) is -1.18. The molecular formula is C13H21ClN2O4S. The fourth-order valence-electron chi connectivity index (χ4n) is 1.70. The highest BCUT2D eigenvalue weighted by Crippen LogP contribution is 2.12. The molecule has 1 atom stereocenters. The predicted molar refractivity (Wildman–Crippen MR) is 83.1 cm³/mol. The highest BCUT2D eigenvalue weighted by atomic mass is 35.5. The SMILES string of the molecule is Cc1ccc(S(=O)(=O)N[C@H](CCCCN)C(=O)O)cc1.Cl. The number of hydrogen-bond acceptors (Lipinski definition) is 4. The second kappa shape index (κ2) is 8.99. The maximum Gasteiger partial charge on any atom is 0.321 e. The van der Waals surface area contributed by atoms with Crippen molar-refractivity contribution in [2.24, 2.45) is 5.73 Å². The standard InChI is InChI=1S/C13H20N2O4S.ClH/c1-10-5-7-11(8-6-10)20(18,19)15-12(13(16)17)4-2-3-9-14;/h5-8,12,15H,2-4,9,14H2,1H3,(H,16,17);1H/t12-;/m1./s1. The smallest absolute Gasteiger partial charge is 0.321 e. The van der Waals surface area contributed by atoms with E-state index in [1.807, 2.05) is 6.92 Å². The topological polar surface area (TPSA) is 109 Å². The molecule has 6 nitrogen and oxygen atoms in total. The Morgan fingerprint density at radius 2 is 1.86 bits per heavy atom. The number of nitrogens with two attached hydrogens (primary N) is 1. The van der Waals surface area contributed by atoms with Gasteiger partial charge in [0.2, 0.25) is 10.0 Å². The molecule has 0 aromatic heterocycles. The van der Waals surface area contributed by atoms with Crippen LogP contribution in [-0.2, 0) is 14.8 Å². The van der Waals surface area contributed by atoms with E-state index < -0.39 is 22.0 Å². The fourth-order valence-corrected chi connectivity index (χ4v) is 2.92.